The third-order valence-corrected chi connectivity index (χ3v) is 4.58. The maximum atomic E-state index is 12.3. The van der Waals surface area contributed by atoms with E-state index in [2.05, 4.69) is 4.90 Å². The molecule has 6 nitrogen and oxygen atoms in total. The molecule has 0 N–H and O–H groups in total. The quantitative estimate of drug-likeness (QED) is 0.542. The van der Waals surface area contributed by atoms with Crippen molar-refractivity contribution in [3.63, 3.8) is 0 Å². The van der Waals surface area contributed by atoms with Crippen LogP contribution in [0.25, 0.3) is 21.9 Å². The first-order chi connectivity index (χ1) is 11.7. The minimum absolute atomic E-state index is 0.0468. The molecular weight excluding hydrogens is 310 g/mol. The van der Waals surface area contributed by atoms with Crippen molar-refractivity contribution < 1.29 is 18.4 Å². The van der Waals surface area contributed by atoms with Gasteiger partial charge in [0.2, 0.25) is 0 Å². The number of piperidine rings is 1. The van der Waals surface area contributed by atoms with Gasteiger partial charge in [-0.3, -0.25) is 4.79 Å². The van der Waals surface area contributed by atoms with Crippen LogP contribution in [0.5, 0.6) is 5.75 Å². The lowest BCUT2D eigenvalue weighted by atomic mass is 10.0. The molecule has 0 unspecified atom stereocenters. The largest absolute Gasteiger partial charge is 0.495 e. The molecule has 1 aromatic carbocycles. The van der Waals surface area contributed by atoms with Crippen LogP contribution in [0.4, 0.5) is 5.69 Å². The molecule has 2 aromatic heterocycles. The predicted octanol–water partition coefficient (Wildman–Crippen LogP) is 3.35. The van der Waals surface area contributed by atoms with Crippen molar-refractivity contribution in [1.29, 1.82) is 0 Å². The minimum Gasteiger partial charge on any atom is -0.495 e. The summed E-state index contributed by atoms with van der Waals surface area (Å²) in [7, 11) is 1.56. The second-order valence-electron chi connectivity index (χ2n) is 5.93. The second-order valence-corrected chi connectivity index (χ2v) is 5.93. The van der Waals surface area contributed by atoms with Crippen molar-refractivity contribution in [2.75, 3.05) is 25.1 Å². The fourth-order valence-corrected chi connectivity index (χ4v) is 3.51. The highest BCUT2D eigenvalue weighted by molar-refractivity contribution is 6.10. The fourth-order valence-electron chi connectivity index (χ4n) is 3.51. The average Bonchev–Trinajstić information content (AvgIpc) is 3.07. The summed E-state index contributed by atoms with van der Waals surface area (Å²) < 4.78 is 16.4. The highest BCUT2D eigenvalue weighted by Gasteiger charge is 2.25. The van der Waals surface area contributed by atoms with Gasteiger partial charge < -0.3 is 18.5 Å². The third kappa shape index (κ3) is 2.10. The standard InChI is InChI=1S/C18H17NO5/c1-22-17-11-5-8-23-13(11)9-14-15(17)16(12(10-20)18(21)24-14)19-6-3-2-4-7-19/h5,8-10H,2-4,6-7H2,1H3. The van der Waals surface area contributed by atoms with Crippen molar-refractivity contribution in [1.82, 2.24) is 0 Å². The molecule has 1 aliphatic rings. The van der Waals surface area contributed by atoms with Gasteiger partial charge in [0.05, 0.1) is 29.8 Å². The van der Waals surface area contributed by atoms with Crippen molar-refractivity contribution >= 4 is 33.9 Å². The van der Waals surface area contributed by atoms with Gasteiger partial charge in [-0.2, -0.15) is 0 Å². The van der Waals surface area contributed by atoms with E-state index in [-0.39, 0.29) is 5.56 Å². The van der Waals surface area contributed by atoms with Gasteiger partial charge in [-0.15, -0.1) is 0 Å². The number of hydrogen-bond acceptors (Lipinski definition) is 6. The van der Waals surface area contributed by atoms with Crippen LogP contribution < -0.4 is 15.3 Å². The van der Waals surface area contributed by atoms with E-state index in [1.54, 1.807) is 25.5 Å². The van der Waals surface area contributed by atoms with Gasteiger partial charge in [0, 0.05) is 19.2 Å². The molecule has 0 atom stereocenters. The first-order valence-corrected chi connectivity index (χ1v) is 7.99. The third-order valence-electron chi connectivity index (χ3n) is 4.58. The highest BCUT2D eigenvalue weighted by atomic mass is 16.5. The topological polar surface area (TPSA) is 72.9 Å². The Morgan fingerprint density at radius 2 is 2.00 bits per heavy atom. The first-order valence-electron chi connectivity index (χ1n) is 7.99. The SMILES string of the molecule is COc1c2ccoc2cc2oc(=O)c(C=O)c(N3CCCCC3)c12. The van der Waals surface area contributed by atoms with Crippen molar-refractivity contribution in [3.05, 3.63) is 34.4 Å². The van der Waals surface area contributed by atoms with Crippen LogP contribution in [0.15, 0.2) is 32.0 Å². The smallest absolute Gasteiger partial charge is 0.349 e. The number of aldehydes is 1. The lowest BCUT2D eigenvalue weighted by Gasteiger charge is -2.30. The summed E-state index contributed by atoms with van der Waals surface area (Å²) in [6, 6.07) is 3.48. The molecule has 6 heteroatoms. The number of methoxy groups -OCH3 is 1. The van der Waals surface area contributed by atoms with E-state index in [1.165, 1.54) is 0 Å². The van der Waals surface area contributed by atoms with E-state index >= 15 is 0 Å². The summed E-state index contributed by atoms with van der Waals surface area (Å²) in [5, 5.41) is 1.43. The first kappa shape index (κ1) is 14.8. The molecule has 24 heavy (non-hydrogen) atoms. The molecule has 3 aromatic rings. The number of furan rings is 1. The van der Waals surface area contributed by atoms with Crippen LogP contribution in [-0.2, 0) is 0 Å². The summed E-state index contributed by atoms with van der Waals surface area (Å²) in [5.41, 5.74) is 0.962. The van der Waals surface area contributed by atoms with Gasteiger partial charge in [-0.1, -0.05) is 0 Å². The normalized spacial score (nSPS) is 15.1. The Balaban J connectivity index is 2.16. The van der Waals surface area contributed by atoms with Crippen LogP contribution in [0.1, 0.15) is 29.6 Å². The summed E-state index contributed by atoms with van der Waals surface area (Å²) in [4.78, 5) is 26.0. The number of carbonyl (C=O) groups excluding carboxylic acids is 1. The number of rotatable bonds is 3. The Hall–Kier alpha value is -2.76. The van der Waals surface area contributed by atoms with Gasteiger partial charge in [-0.05, 0) is 25.3 Å². The molecule has 1 aliphatic heterocycles. The fraction of sp³-hybridized carbons (Fsp3) is 0.333. The number of anilines is 1. The Bertz CT molecular complexity index is 978. The van der Waals surface area contributed by atoms with Crippen molar-refractivity contribution in [2.45, 2.75) is 19.3 Å². The van der Waals surface area contributed by atoms with Crippen LogP contribution in [0.3, 0.4) is 0 Å². The molecule has 4 rings (SSSR count). The Morgan fingerprint density at radius 1 is 1.21 bits per heavy atom. The number of carbonyl (C=O) groups is 1. The van der Waals surface area contributed by atoms with Crippen LogP contribution in [0.2, 0.25) is 0 Å². The van der Waals surface area contributed by atoms with E-state index < -0.39 is 5.63 Å². The minimum atomic E-state index is -0.633. The second kappa shape index (κ2) is 5.70. The van der Waals surface area contributed by atoms with E-state index in [0.717, 1.165) is 37.7 Å². The van der Waals surface area contributed by atoms with E-state index in [1.807, 2.05) is 0 Å². The highest BCUT2D eigenvalue weighted by Crippen LogP contribution is 2.41. The average molecular weight is 327 g/mol. The zero-order valence-corrected chi connectivity index (χ0v) is 13.3. The van der Waals surface area contributed by atoms with Gasteiger partial charge in [0.25, 0.3) is 0 Å². The number of benzene rings is 1. The molecule has 0 bridgehead atoms. The number of hydrogen-bond donors (Lipinski definition) is 0. The lowest BCUT2D eigenvalue weighted by Crippen LogP contribution is -2.32. The molecule has 0 saturated carbocycles. The lowest BCUT2D eigenvalue weighted by molar-refractivity contribution is 0.112. The molecule has 0 spiro atoms. The van der Waals surface area contributed by atoms with Crippen molar-refractivity contribution in [3.8, 4) is 5.75 Å². The molecule has 1 saturated heterocycles. The molecular formula is C18H17NO5. The molecule has 0 amide bonds. The maximum absolute atomic E-state index is 12.3. The maximum Gasteiger partial charge on any atom is 0.349 e. The Labute approximate surface area is 137 Å². The molecule has 0 aliphatic carbocycles. The zero-order valence-electron chi connectivity index (χ0n) is 13.3. The van der Waals surface area contributed by atoms with E-state index in [9.17, 15) is 9.59 Å². The molecule has 0 radical (unpaired) electrons. The number of fused-ring (bicyclic) bond motifs is 2. The van der Waals surface area contributed by atoms with Gasteiger partial charge in [-0.25, -0.2) is 4.79 Å². The summed E-state index contributed by atoms with van der Waals surface area (Å²) >= 11 is 0. The van der Waals surface area contributed by atoms with Gasteiger partial charge in [0.15, 0.2) is 6.29 Å². The zero-order chi connectivity index (χ0) is 16.7. The van der Waals surface area contributed by atoms with Gasteiger partial charge in [0.1, 0.15) is 22.5 Å². The van der Waals surface area contributed by atoms with Crippen LogP contribution in [-0.4, -0.2) is 26.5 Å². The Kier molecular flexibility index (Phi) is 3.52. The summed E-state index contributed by atoms with van der Waals surface area (Å²) in [6.07, 6.45) is 5.33. The predicted molar refractivity (Wildman–Crippen MR) is 90.3 cm³/mol. The van der Waals surface area contributed by atoms with E-state index in [4.69, 9.17) is 13.6 Å². The van der Waals surface area contributed by atoms with Crippen LogP contribution in [0, 0.1) is 0 Å². The van der Waals surface area contributed by atoms with Crippen LogP contribution >= 0.6 is 0 Å². The van der Waals surface area contributed by atoms with Crippen molar-refractivity contribution in [2.24, 2.45) is 0 Å². The summed E-state index contributed by atoms with van der Waals surface area (Å²) in [6.45, 7) is 1.60. The summed E-state index contributed by atoms with van der Waals surface area (Å²) in [5.74, 6) is 0.559. The molecule has 1 fully saturated rings. The molecule has 3 heterocycles. The molecule has 124 valence electrons. The van der Waals surface area contributed by atoms with E-state index in [0.29, 0.717) is 34.3 Å². The number of ether oxygens (including phenoxy) is 1. The van der Waals surface area contributed by atoms with Gasteiger partial charge >= 0.3 is 5.63 Å². The Morgan fingerprint density at radius 3 is 2.71 bits per heavy atom. The number of nitrogens with zero attached hydrogens (tertiary/aromatic N) is 1. The monoisotopic (exact) mass is 327 g/mol.